The smallest absolute Gasteiger partial charge is 0.330 e. The Morgan fingerprint density at radius 3 is 2.43 bits per heavy atom. The molecule has 0 unspecified atom stereocenters. The van der Waals surface area contributed by atoms with Gasteiger partial charge in [-0.1, -0.05) is 60.7 Å². The Morgan fingerprint density at radius 2 is 1.71 bits per heavy atom. The van der Waals surface area contributed by atoms with E-state index in [9.17, 15) is 4.79 Å². The van der Waals surface area contributed by atoms with Crippen LogP contribution in [0.25, 0.3) is 28.2 Å². The van der Waals surface area contributed by atoms with Crippen molar-refractivity contribution in [3.63, 3.8) is 0 Å². The van der Waals surface area contributed by atoms with E-state index in [1.165, 1.54) is 13.2 Å². The molecule has 0 radical (unpaired) electrons. The maximum absolute atomic E-state index is 11.8. The van der Waals surface area contributed by atoms with Gasteiger partial charge in [0.25, 0.3) is 0 Å². The van der Waals surface area contributed by atoms with Crippen molar-refractivity contribution >= 4 is 23.1 Å². The van der Waals surface area contributed by atoms with E-state index in [-0.39, 0.29) is 5.97 Å². The molecule has 2 heterocycles. The summed E-state index contributed by atoms with van der Waals surface area (Å²) >= 11 is 0. The summed E-state index contributed by atoms with van der Waals surface area (Å²) < 4.78 is 6.94. The zero-order chi connectivity index (χ0) is 19.3. The van der Waals surface area contributed by atoms with Crippen molar-refractivity contribution in [2.45, 2.75) is 6.54 Å². The maximum Gasteiger partial charge on any atom is 0.330 e. The number of nitrogens with zero attached hydrogens (tertiary/aromatic N) is 2. The van der Waals surface area contributed by atoms with E-state index in [4.69, 9.17) is 4.74 Å². The fraction of sp³-hybridized carbons (Fsp3) is 0.0833. The second-order valence-corrected chi connectivity index (χ2v) is 6.43. The molecule has 28 heavy (non-hydrogen) atoms. The van der Waals surface area contributed by atoms with Crippen molar-refractivity contribution in [3.05, 3.63) is 96.3 Å². The van der Waals surface area contributed by atoms with Crippen LogP contribution in [0.4, 0.5) is 0 Å². The first-order chi connectivity index (χ1) is 13.8. The van der Waals surface area contributed by atoms with Crippen LogP contribution < -0.4 is 0 Å². The number of esters is 1. The van der Waals surface area contributed by atoms with Gasteiger partial charge in [0, 0.05) is 29.8 Å². The van der Waals surface area contributed by atoms with Gasteiger partial charge in [-0.15, -0.1) is 0 Å². The van der Waals surface area contributed by atoms with Gasteiger partial charge in [-0.3, -0.25) is 0 Å². The summed E-state index contributed by atoms with van der Waals surface area (Å²) in [7, 11) is 1.38. The van der Waals surface area contributed by atoms with E-state index in [1.54, 1.807) is 6.20 Å². The minimum Gasteiger partial charge on any atom is -0.466 e. The van der Waals surface area contributed by atoms with E-state index < -0.39 is 0 Å². The van der Waals surface area contributed by atoms with Crippen LogP contribution in [0.15, 0.2) is 85.1 Å². The Kier molecular flexibility index (Phi) is 5.02. The van der Waals surface area contributed by atoms with Gasteiger partial charge in [0.05, 0.1) is 12.8 Å². The van der Waals surface area contributed by atoms with E-state index >= 15 is 0 Å². The third-order valence-electron chi connectivity index (χ3n) is 4.68. The lowest BCUT2D eigenvalue weighted by Crippen LogP contribution is -2.03. The van der Waals surface area contributed by atoms with Crippen LogP contribution in [0.2, 0.25) is 0 Å². The fourth-order valence-electron chi connectivity index (χ4n) is 3.42. The number of rotatable bonds is 5. The number of carbonyl (C=O) groups excluding carboxylic acids is 1. The number of carbonyl (C=O) groups is 1. The first kappa shape index (κ1) is 17.7. The van der Waals surface area contributed by atoms with Crippen molar-refractivity contribution < 1.29 is 9.53 Å². The molecule has 0 spiro atoms. The van der Waals surface area contributed by atoms with E-state index in [0.29, 0.717) is 6.54 Å². The van der Waals surface area contributed by atoms with Crippen LogP contribution in [0.5, 0.6) is 0 Å². The molecule has 4 heteroatoms. The highest BCUT2D eigenvalue weighted by Gasteiger charge is 2.18. The molecule has 0 fully saturated rings. The van der Waals surface area contributed by atoms with Gasteiger partial charge >= 0.3 is 5.97 Å². The average Bonchev–Trinajstić information content (AvgIpc) is 3.06. The average molecular weight is 368 g/mol. The van der Waals surface area contributed by atoms with Crippen LogP contribution in [0.3, 0.4) is 0 Å². The number of pyridine rings is 1. The third kappa shape index (κ3) is 3.45. The van der Waals surface area contributed by atoms with Crippen molar-refractivity contribution in [1.29, 1.82) is 0 Å². The highest BCUT2D eigenvalue weighted by molar-refractivity contribution is 6.00. The summed E-state index contributed by atoms with van der Waals surface area (Å²) in [4.78, 5) is 16.4. The second-order valence-electron chi connectivity index (χ2n) is 6.43. The van der Waals surface area contributed by atoms with Gasteiger partial charge in [0.2, 0.25) is 0 Å². The summed E-state index contributed by atoms with van der Waals surface area (Å²) in [6, 6.07) is 24.4. The minimum absolute atomic E-state index is 0.386. The van der Waals surface area contributed by atoms with Gasteiger partial charge in [0.1, 0.15) is 5.65 Å². The molecule has 0 aliphatic rings. The molecule has 4 nitrogen and oxygen atoms in total. The molecule has 4 rings (SSSR count). The number of hydrogen-bond donors (Lipinski definition) is 0. The summed E-state index contributed by atoms with van der Waals surface area (Å²) in [5.41, 5.74) is 5.11. The Morgan fingerprint density at radius 1 is 1.00 bits per heavy atom. The molecule has 2 aromatic heterocycles. The quantitative estimate of drug-likeness (QED) is 0.370. The Hall–Kier alpha value is -3.66. The van der Waals surface area contributed by atoms with E-state index in [1.807, 2.05) is 48.5 Å². The van der Waals surface area contributed by atoms with Crippen molar-refractivity contribution in [2.24, 2.45) is 0 Å². The lowest BCUT2D eigenvalue weighted by atomic mass is 10.0. The predicted molar refractivity (Wildman–Crippen MR) is 112 cm³/mol. The van der Waals surface area contributed by atoms with Crippen LogP contribution in [0, 0.1) is 0 Å². The normalized spacial score (nSPS) is 11.2. The van der Waals surface area contributed by atoms with Crippen molar-refractivity contribution in [2.75, 3.05) is 7.11 Å². The number of fused-ring (bicyclic) bond motifs is 1. The van der Waals surface area contributed by atoms with Crippen LogP contribution in [-0.4, -0.2) is 22.6 Å². The van der Waals surface area contributed by atoms with Crippen LogP contribution >= 0.6 is 0 Å². The van der Waals surface area contributed by atoms with Crippen molar-refractivity contribution in [3.8, 4) is 11.1 Å². The van der Waals surface area contributed by atoms with Gasteiger partial charge in [-0.05, 0) is 29.3 Å². The first-order valence-electron chi connectivity index (χ1n) is 9.10. The van der Waals surface area contributed by atoms with E-state index in [0.717, 1.165) is 33.4 Å². The Bertz CT molecular complexity index is 1130. The van der Waals surface area contributed by atoms with Crippen molar-refractivity contribution in [1.82, 2.24) is 9.55 Å². The van der Waals surface area contributed by atoms with Gasteiger partial charge in [0.15, 0.2) is 0 Å². The molecule has 2 aromatic carbocycles. The van der Waals surface area contributed by atoms with Crippen LogP contribution in [-0.2, 0) is 16.1 Å². The number of methoxy groups -OCH3 is 1. The summed E-state index contributed by atoms with van der Waals surface area (Å²) in [6.45, 7) is 0.655. The number of hydrogen-bond acceptors (Lipinski definition) is 3. The monoisotopic (exact) mass is 368 g/mol. The molecule has 0 aliphatic heterocycles. The zero-order valence-corrected chi connectivity index (χ0v) is 15.6. The molecule has 0 saturated heterocycles. The van der Waals surface area contributed by atoms with Gasteiger partial charge < -0.3 is 9.30 Å². The van der Waals surface area contributed by atoms with Gasteiger partial charge in [-0.2, -0.15) is 0 Å². The highest BCUT2D eigenvalue weighted by Crippen LogP contribution is 2.35. The van der Waals surface area contributed by atoms with Crippen LogP contribution in [0.1, 0.15) is 11.3 Å². The molecular weight excluding hydrogens is 348 g/mol. The standard InChI is InChI=1S/C24H20N2O2/c1-28-22(27)15-14-21-23(19-11-6-3-7-12-19)20-13-8-16-25-24(20)26(21)17-18-9-4-2-5-10-18/h2-16H,17H2,1H3/b15-14+. The zero-order valence-electron chi connectivity index (χ0n) is 15.6. The SMILES string of the molecule is COC(=O)/C=C/c1c(-c2ccccc2)c2cccnc2n1Cc1ccccc1. The molecule has 4 aromatic rings. The van der Waals surface area contributed by atoms with E-state index in [2.05, 4.69) is 39.9 Å². The Labute approximate surface area is 163 Å². The second kappa shape index (κ2) is 7.92. The summed E-state index contributed by atoms with van der Waals surface area (Å²) in [5.74, 6) is -0.386. The molecule has 0 amide bonds. The highest BCUT2D eigenvalue weighted by atomic mass is 16.5. The largest absolute Gasteiger partial charge is 0.466 e. The number of ether oxygens (including phenoxy) is 1. The lowest BCUT2D eigenvalue weighted by molar-refractivity contribution is -0.134. The van der Waals surface area contributed by atoms with Gasteiger partial charge in [-0.25, -0.2) is 9.78 Å². The topological polar surface area (TPSA) is 44.1 Å². The minimum atomic E-state index is -0.386. The lowest BCUT2D eigenvalue weighted by Gasteiger charge is -2.09. The third-order valence-corrected chi connectivity index (χ3v) is 4.68. The summed E-state index contributed by atoms with van der Waals surface area (Å²) in [6.07, 6.45) is 5.08. The Balaban J connectivity index is 1.98. The molecule has 138 valence electrons. The molecular formula is C24H20N2O2. The maximum atomic E-state index is 11.8. The number of benzene rings is 2. The first-order valence-corrected chi connectivity index (χ1v) is 9.10. The summed E-state index contributed by atoms with van der Waals surface area (Å²) in [5, 5.41) is 1.05. The number of aromatic nitrogens is 2. The molecule has 0 N–H and O–H groups in total. The predicted octanol–water partition coefficient (Wildman–Crippen LogP) is 4.94. The molecule has 0 atom stereocenters. The molecule has 0 saturated carbocycles. The molecule has 0 aliphatic carbocycles. The molecule has 0 bridgehead atoms. The fourth-order valence-corrected chi connectivity index (χ4v) is 3.42.